The summed E-state index contributed by atoms with van der Waals surface area (Å²) in [6.45, 7) is 1.65. The number of piperidine rings is 2. The summed E-state index contributed by atoms with van der Waals surface area (Å²) in [6.07, 6.45) is 10.1. The number of nitrogens with one attached hydrogen (secondary N) is 1. The minimum Gasteiger partial charge on any atom is -0.342 e. The molecule has 4 fully saturated rings. The first kappa shape index (κ1) is 15.8. The quantitative estimate of drug-likeness (QED) is 0.909. The summed E-state index contributed by atoms with van der Waals surface area (Å²) in [5.74, 6) is 3.28. The summed E-state index contributed by atoms with van der Waals surface area (Å²) in [6, 6.07) is 1.32. The van der Waals surface area contributed by atoms with E-state index in [-0.39, 0.29) is 5.92 Å². The maximum absolute atomic E-state index is 12.8. The van der Waals surface area contributed by atoms with Crippen LogP contribution in [-0.4, -0.2) is 46.1 Å². The van der Waals surface area contributed by atoms with Gasteiger partial charge in [-0.25, -0.2) is 0 Å². The molecular formula is C19H28N4O2. The number of aromatic nitrogens is 2. The topological polar surface area (TPSA) is 71.3 Å². The second-order valence-electron chi connectivity index (χ2n) is 8.62. The number of carbonyl (C=O) groups is 1. The Balaban J connectivity index is 1.19. The van der Waals surface area contributed by atoms with Gasteiger partial charge in [0.05, 0.1) is 0 Å². The first-order valence-corrected chi connectivity index (χ1v) is 10.1. The number of nitrogens with zero attached hydrogens (tertiary/aromatic N) is 3. The van der Waals surface area contributed by atoms with Gasteiger partial charge in [0.15, 0.2) is 5.82 Å². The van der Waals surface area contributed by atoms with Crippen LogP contribution in [0.15, 0.2) is 4.52 Å². The zero-order valence-corrected chi connectivity index (χ0v) is 14.8. The Labute approximate surface area is 148 Å². The van der Waals surface area contributed by atoms with E-state index in [9.17, 15) is 4.79 Å². The Morgan fingerprint density at radius 1 is 1.12 bits per heavy atom. The van der Waals surface area contributed by atoms with Crippen molar-refractivity contribution < 1.29 is 9.32 Å². The molecule has 3 saturated heterocycles. The summed E-state index contributed by atoms with van der Waals surface area (Å²) in [4.78, 5) is 19.5. The first-order chi connectivity index (χ1) is 12.2. The number of rotatable bonds is 4. The molecule has 4 aliphatic rings. The van der Waals surface area contributed by atoms with Gasteiger partial charge in [-0.3, -0.25) is 4.79 Å². The molecule has 0 aromatic carbocycles. The molecule has 5 rings (SSSR count). The van der Waals surface area contributed by atoms with Crippen LogP contribution in [0.25, 0.3) is 0 Å². The van der Waals surface area contributed by atoms with Crippen molar-refractivity contribution in [1.29, 1.82) is 0 Å². The lowest BCUT2D eigenvalue weighted by Gasteiger charge is -2.34. The van der Waals surface area contributed by atoms with Crippen molar-refractivity contribution in [1.82, 2.24) is 20.4 Å². The van der Waals surface area contributed by atoms with Crippen molar-refractivity contribution in [3.63, 3.8) is 0 Å². The Bertz CT molecular complexity index is 629. The molecule has 6 heteroatoms. The largest absolute Gasteiger partial charge is 0.342 e. The molecule has 3 unspecified atom stereocenters. The number of amides is 1. The maximum Gasteiger partial charge on any atom is 0.229 e. The van der Waals surface area contributed by atoms with E-state index < -0.39 is 0 Å². The molecule has 2 bridgehead atoms. The molecule has 1 aliphatic carbocycles. The van der Waals surface area contributed by atoms with E-state index >= 15 is 0 Å². The number of hydrogen-bond acceptors (Lipinski definition) is 5. The van der Waals surface area contributed by atoms with Gasteiger partial charge in [-0.15, -0.1) is 0 Å². The van der Waals surface area contributed by atoms with Gasteiger partial charge >= 0.3 is 0 Å². The van der Waals surface area contributed by atoms with Crippen LogP contribution in [0.5, 0.6) is 0 Å². The van der Waals surface area contributed by atoms with Crippen molar-refractivity contribution in [2.45, 2.75) is 81.7 Å². The van der Waals surface area contributed by atoms with Gasteiger partial charge in [-0.2, -0.15) is 4.98 Å². The van der Waals surface area contributed by atoms with Crippen LogP contribution in [-0.2, 0) is 4.79 Å². The van der Waals surface area contributed by atoms with E-state index in [0.29, 0.717) is 29.8 Å². The third-order valence-corrected chi connectivity index (χ3v) is 6.56. The van der Waals surface area contributed by atoms with Gasteiger partial charge < -0.3 is 14.7 Å². The lowest BCUT2D eigenvalue weighted by atomic mass is 9.88. The van der Waals surface area contributed by atoms with E-state index in [0.717, 1.165) is 44.1 Å². The average Bonchev–Trinajstić information content (AvgIpc) is 3.26. The Kier molecular flexibility index (Phi) is 4.03. The van der Waals surface area contributed by atoms with E-state index in [4.69, 9.17) is 4.52 Å². The average molecular weight is 344 g/mol. The molecule has 25 heavy (non-hydrogen) atoms. The molecule has 3 atom stereocenters. The van der Waals surface area contributed by atoms with Gasteiger partial charge in [0.2, 0.25) is 11.8 Å². The van der Waals surface area contributed by atoms with E-state index in [1.165, 1.54) is 38.5 Å². The highest BCUT2D eigenvalue weighted by Crippen LogP contribution is 2.40. The smallest absolute Gasteiger partial charge is 0.229 e. The third kappa shape index (κ3) is 3.33. The van der Waals surface area contributed by atoms with Crippen LogP contribution >= 0.6 is 0 Å². The van der Waals surface area contributed by atoms with Crippen molar-refractivity contribution in [3.05, 3.63) is 11.7 Å². The normalized spacial score (nSPS) is 35.1. The van der Waals surface area contributed by atoms with Crippen LogP contribution in [0.2, 0.25) is 0 Å². The Morgan fingerprint density at radius 2 is 1.92 bits per heavy atom. The Morgan fingerprint density at radius 3 is 2.68 bits per heavy atom. The Hall–Kier alpha value is -1.43. The summed E-state index contributed by atoms with van der Waals surface area (Å²) in [5.41, 5.74) is 0. The van der Waals surface area contributed by atoms with Crippen LogP contribution < -0.4 is 5.32 Å². The van der Waals surface area contributed by atoms with E-state index in [2.05, 4.69) is 20.4 Å². The molecule has 0 radical (unpaired) electrons. The molecule has 1 N–H and O–H groups in total. The van der Waals surface area contributed by atoms with Gasteiger partial charge in [-0.05, 0) is 57.3 Å². The fraction of sp³-hybridized carbons (Fsp3) is 0.842. The minimum atomic E-state index is 0.248. The van der Waals surface area contributed by atoms with Gasteiger partial charge in [0.25, 0.3) is 0 Å². The molecule has 0 spiro atoms. The molecule has 4 heterocycles. The molecule has 136 valence electrons. The van der Waals surface area contributed by atoms with Crippen molar-refractivity contribution in [3.8, 4) is 0 Å². The van der Waals surface area contributed by atoms with Crippen molar-refractivity contribution >= 4 is 5.91 Å². The minimum absolute atomic E-state index is 0.248. The first-order valence-electron chi connectivity index (χ1n) is 10.1. The third-order valence-electron chi connectivity index (χ3n) is 6.56. The lowest BCUT2D eigenvalue weighted by Crippen LogP contribution is -2.43. The van der Waals surface area contributed by atoms with Gasteiger partial charge in [0, 0.05) is 43.4 Å². The standard InChI is InChI=1S/C19H28N4O2/c24-17(10-12-8-15-5-6-16(9-12)20-15)23-7-1-2-14(11-23)18-21-19(25-22-18)13-3-4-13/h12-16,20H,1-11H2. The van der Waals surface area contributed by atoms with Crippen LogP contribution in [0.4, 0.5) is 0 Å². The monoisotopic (exact) mass is 344 g/mol. The number of likely N-dealkylation sites (tertiary alicyclic amines) is 1. The highest BCUT2D eigenvalue weighted by molar-refractivity contribution is 5.76. The number of fused-ring (bicyclic) bond motifs is 2. The molecule has 1 aromatic heterocycles. The second kappa shape index (κ2) is 6.38. The second-order valence-corrected chi connectivity index (χ2v) is 8.62. The number of hydrogen-bond donors (Lipinski definition) is 1. The molecule has 3 aliphatic heterocycles. The van der Waals surface area contributed by atoms with Crippen molar-refractivity contribution in [2.75, 3.05) is 13.1 Å². The fourth-order valence-electron chi connectivity index (χ4n) is 5.04. The van der Waals surface area contributed by atoms with E-state index in [1.54, 1.807) is 0 Å². The predicted molar refractivity (Wildman–Crippen MR) is 92.1 cm³/mol. The van der Waals surface area contributed by atoms with E-state index in [1.807, 2.05) is 0 Å². The summed E-state index contributed by atoms with van der Waals surface area (Å²) in [5, 5.41) is 7.87. The fourth-order valence-corrected chi connectivity index (χ4v) is 5.04. The summed E-state index contributed by atoms with van der Waals surface area (Å²) >= 11 is 0. The number of carbonyl (C=O) groups excluding carboxylic acids is 1. The molecule has 6 nitrogen and oxygen atoms in total. The van der Waals surface area contributed by atoms with Crippen molar-refractivity contribution in [2.24, 2.45) is 5.92 Å². The zero-order valence-electron chi connectivity index (χ0n) is 14.8. The molecule has 1 aromatic rings. The van der Waals surface area contributed by atoms with Gasteiger partial charge in [0.1, 0.15) is 0 Å². The van der Waals surface area contributed by atoms with Gasteiger partial charge in [-0.1, -0.05) is 5.16 Å². The SMILES string of the molecule is O=C(CC1CC2CCC(C1)N2)N1CCCC(c2noc(C3CC3)n2)C1. The molecular weight excluding hydrogens is 316 g/mol. The predicted octanol–water partition coefficient (Wildman–Crippen LogP) is 2.57. The maximum atomic E-state index is 12.8. The highest BCUT2D eigenvalue weighted by Gasteiger charge is 2.36. The molecule has 1 saturated carbocycles. The summed E-state index contributed by atoms with van der Waals surface area (Å²) in [7, 11) is 0. The highest BCUT2D eigenvalue weighted by atomic mass is 16.5. The summed E-state index contributed by atoms with van der Waals surface area (Å²) < 4.78 is 5.42. The lowest BCUT2D eigenvalue weighted by molar-refractivity contribution is -0.133. The zero-order chi connectivity index (χ0) is 16.8. The van der Waals surface area contributed by atoms with Crippen LogP contribution in [0, 0.1) is 5.92 Å². The molecule has 1 amide bonds. The van der Waals surface area contributed by atoms with Crippen LogP contribution in [0.1, 0.15) is 81.3 Å². The van der Waals surface area contributed by atoms with Crippen LogP contribution in [0.3, 0.4) is 0 Å².